The fourth-order valence-corrected chi connectivity index (χ4v) is 5.12. The summed E-state index contributed by atoms with van der Waals surface area (Å²) in [6.07, 6.45) is 2.07. The summed E-state index contributed by atoms with van der Waals surface area (Å²) in [4.78, 5) is 15.8. The molecule has 0 fully saturated rings. The Hall–Kier alpha value is -4.58. The van der Waals surface area contributed by atoms with Gasteiger partial charge in [-0.2, -0.15) is 5.10 Å². The lowest BCUT2D eigenvalue weighted by Gasteiger charge is -2.31. The van der Waals surface area contributed by atoms with Gasteiger partial charge in [0.05, 0.1) is 29.7 Å². The molecular weight excluding hydrogens is 458 g/mol. The molecule has 3 heterocycles. The predicted octanol–water partition coefficient (Wildman–Crippen LogP) is 6.09. The highest BCUT2D eigenvalue weighted by Crippen LogP contribution is 2.38. The Morgan fingerprint density at radius 3 is 2.32 bits per heavy atom. The molecule has 1 atom stereocenters. The zero-order valence-corrected chi connectivity index (χ0v) is 21.0. The summed E-state index contributed by atoms with van der Waals surface area (Å²) < 4.78 is 4.18. The number of nitrogens with one attached hydrogen (secondary N) is 1. The second-order valence-corrected chi connectivity index (χ2v) is 9.52. The van der Waals surface area contributed by atoms with Crippen LogP contribution >= 0.6 is 0 Å². The molecule has 0 saturated carbocycles. The Labute approximate surface area is 216 Å². The lowest BCUT2D eigenvalue weighted by Crippen LogP contribution is -2.41. The van der Waals surface area contributed by atoms with Gasteiger partial charge in [0.1, 0.15) is 5.82 Å². The van der Waals surface area contributed by atoms with Crippen LogP contribution in [0.25, 0.3) is 11.5 Å². The predicted molar refractivity (Wildman–Crippen MR) is 145 cm³/mol. The largest absolute Gasteiger partial charge is 0.334 e. The maximum absolute atomic E-state index is 13.9. The summed E-state index contributed by atoms with van der Waals surface area (Å²) >= 11 is 0. The second-order valence-electron chi connectivity index (χ2n) is 9.52. The molecule has 6 nitrogen and oxygen atoms in total. The van der Waals surface area contributed by atoms with E-state index in [2.05, 4.69) is 77.6 Å². The highest BCUT2D eigenvalue weighted by Gasteiger charge is 2.35. The van der Waals surface area contributed by atoms with Gasteiger partial charge in [0.15, 0.2) is 0 Å². The van der Waals surface area contributed by atoms with Gasteiger partial charge in [-0.3, -0.25) is 0 Å². The average Bonchev–Trinajstić information content (AvgIpc) is 3.49. The number of aryl methyl sites for hydroxylation is 2. The third-order valence-corrected chi connectivity index (χ3v) is 7.03. The van der Waals surface area contributed by atoms with Crippen LogP contribution in [0.2, 0.25) is 0 Å². The van der Waals surface area contributed by atoms with Gasteiger partial charge in [-0.25, -0.2) is 9.48 Å². The van der Waals surface area contributed by atoms with Crippen LogP contribution in [0.1, 0.15) is 39.7 Å². The van der Waals surface area contributed by atoms with Crippen LogP contribution in [0.5, 0.6) is 0 Å². The van der Waals surface area contributed by atoms with E-state index in [1.165, 1.54) is 5.56 Å². The summed E-state index contributed by atoms with van der Waals surface area (Å²) in [5.41, 5.74) is 7.28. The van der Waals surface area contributed by atoms with Crippen molar-refractivity contribution in [1.82, 2.24) is 24.6 Å². The van der Waals surface area contributed by atoms with Gasteiger partial charge in [0.2, 0.25) is 0 Å². The standard InChI is InChI=1S/C31H29N5O/c1-22-15-17-24(18-16-22)20-32-31(37)35-21-27-23(2)33-36(26-12-7-4-8-13-26)30(27)34-19-9-14-28(34)29(35)25-10-5-3-6-11-25/h3-19,29H,20-21H2,1-2H3,(H,32,37). The van der Waals surface area contributed by atoms with Crippen LogP contribution in [0, 0.1) is 13.8 Å². The Balaban J connectivity index is 1.46. The topological polar surface area (TPSA) is 55.1 Å². The number of rotatable bonds is 4. The van der Waals surface area contributed by atoms with E-state index >= 15 is 0 Å². The Kier molecular flexibility index (Phi) is 5.85. The number of benzene rings is 3. The van der Waals surface area contributed by atoms with E-state index in [-0.39, 0.29) is 12.1 Å². The summed E-state index contributed by atoms with van der Waals surface area (Å²) in [6, 6.07) is 32.4. The fraction of sp³-hybridized carbons (Fsp3) is 0.161. The number of carbonyl (C=O) groups excluding carboxylic acids is 1. The molecule has 1 aliphatic rings. The SMILES string of the molecule is Cc1ccc(CNC(=O)N2Cc3c(C)nn(-c4ccccc4)c3-n3cccc3C2c2ccccc2)cc1. The van der Waals surface area contributed by atoms with Crippen molar-refractivity contribution >= 4 is 6.03 Å². The van der Waals surface area contributed by atoms with Gasteiger partial charge in [-0.05, 0) is 49.2 Å². The summed E-state index contributed by atoms with van der Waals surface area (Å²) in [5.74, 6) is 0.971. The highest BCUT2D eigenvalue weighted by molar-refractivity contribution is 5.76. The molecule has 6 rings (SSSR count). The van der Waals surface area contributed by atoms with Gasteiger partial charge in [-0.1, -0.05) is 78.4 Å². The Bertz CT molecular complexity index is 1530. The number of aromatic nitrogens is 3. The molecule has 6 heteroatoms. The lowest BCUT2D eigenvalue weighted by atomic mass is 10.0. The zero-order valence-electron chi connectivity index (χ0n) is 21.0. The summed E-state index contributed by atoms with van der Waals surface area (Å²) in [6.45, 7) is 4.99. The van der Waals surface area contributed by atoms with E-state index in [9.17, 15) is 4.79 Å². The molecule has 0 aliphatic carbocycles. The first-order valence-corrected chi connectivity index (χ1v) is 12.6. The summed E-state index contributed by atoms with van der Waals surface area (Å²) in [7, 11) is 0. The van der Waals surface area contributed by atoms with Gasteiger partial charge < -0.3 is 14.8 Å². The smallest absolute Gasteiger partial charge is 0.318 e. The normalized spacial score (nSPS) is 14.5. The van der Waals surface area contributed by atoms with Crippen LogP contribution in [0.4, 0.5) is 4.79 Å². The van der Waals surface area contributed by atoms with Crippen LogP contribution in [-0.2, 0) is 13.1 Å². The molecule has 5 aromatic rings. The van der Waals surface area contributed by atoms with Crippen molar-refractivity contribution < 1.29 is 4.79 Å². The first-order valence-electron chi connectivity index (χ1n) is 12.6. The first kappa shape index (κ1) is 22.9. The quantitative estimate of drug-likeness (QED) is 0.333. The van der Waals surface area contributed by atoms with Crippen molar-refractivity contribution in [3.63, 3.8) is 0 Å². The van der Waals surface area contributed by atoms with E-state index in [4.69, 9.17) is 5.10 Å². The fourth-order valence-electron chi connectivity index (χ4n) is 5.12. The molecule has 3 aromatic carbocycles. The maximum atomic E-state index is 13.9. The molecular formula is C31H29N5O. The molecule has 184 valence electrons. The molecule has 0 radical (unpaired) electrons. The van der Waals surface area contributed by atoms with E-state index in [1.807, 2.05) is 59.0 Å². The monoisotopic (exact) mass is 487 g/mol. The zero-order chi connectivity index (χ0) is 25.4. The molecule has 37 heavy (non-hydrogen) atoms. The number of nitrogens with zero attached hydrogens (tertiary/aromatic N) is 4. The van der Waals surface area contributed by atoms with Gasteiger partial charge in [0, 0.05) is 18.3 Å². The van der Waals surface area contributed by atoms with E-state index in [1.54, 1.807) is 0 Å². The van der Waals surface area contributed by atoms with Gasteiger partial charge in [0.25, 0.3) is 0 Å². The van der Waals surface area contributed by atoms with Crippen molar-refractivity contribution in [3.05, 3.63) is 137 Å². The molecule has 0 spiro atoms. The molecule has 1 aliphatic heterocycles. The molecule has 1 unspecified atom stereocenters. The van der Waals surface area contributed by atoms with Crippen molar-refractivity contribution in [2.45, 2.75) is 33.0 Å². The van der Waals surface area contributed by atoms with Crippen molar-refractivity contribution in [3.8, 4) is 11.5 Å². The van der Waals surface area contributed by atoms with Crippen molar-refractivity contribution in [2.24, 2.45) is 0 Å². The number of hydrogen-bond acceptors (Lipinski definition) is 2. The third kappa shape index (κ3) is 4.20. The maximum Gasteiger partial charge on any atom is 0.318 e. The van der Waals surface area contributed by atoms with Gasteiger partial charge >= 0.3 is 6.03 Å². The van der Waals surface area contributed by atoms with Gasteiger partial charge in [-0.15, -0.1) is 0 Å². The van der Waals surface area contributed by atoms with Crippen molar-refractivity contribution in [1.29, 1.82) is 0 Å². The van der Waals surface area contributed by atoms with Crippen molar-refractivity contribution in [2.75, 3.05) is 0 Å². The lowest BCUT2D eigenvalue weighted by molar-refractivity contribution is 0.180. The number of hydrogen-bond donors (Lipinski definition) is 1. The molecule has 2 amide bonds. The second kappa shape index (κ2) is 9.47. The number of fused-ring (bicyclic) bond motifs is 3. The van der Waals surface area contributed by atoms with E-state index in [0.29, 0.717) is 13.1 Å². The minimum atomic E-state index is -0.259. The number of carbonyl (C=O) groups is 1. The van der Waals surface area contributed by atoms with E-state index in [0.717, 1.165) is 39.6 Å². The average molecular weight is 488 g/mol. The number of amides is 2. The van der Waals surface area contributed by atoms with Crippen LogP contribution in [0.3, 0.4) is 0 Å². The molecule has 0 saturated heterocycles. The third-order valence-electron chi connectivity index (χ3n) is 7.03. The van der Waals surface area contributed by atoms with Crippen LogP contribution in [0.15, 0.2) is 103 Å². The Morgan fingerprint density at radius 2 is 1.59 bits per heavy atom. The molecule has 2 aromatic heterocycles. The minimum Gasteiger partial charge on any atom is -0.334 e. The highest BCUT2D eigenvalue weighted by atomic mass is 16.2. The summed E-state index contributed by atoms with van der Waals surface area (Å²) in [5, 5.41) is 8.09. The first-order chi connectivity index (χ1) is 18.1. The van der Waals surface area contributed by atoms with E-state index < -0.39 is 0 Å². The van der Waals surface area contributed by atoms with Crippen LogP contribution < -0.4 is 5.32 Å². The number of para-hydroxylation sites is 1. The Morgan fingerprint density at radius 1 is 0.892 bits per heavy atom. The molecule has 1 N–H and O–H groups in total. The number of urea groups is 1. The minimum absolute atomic E-state index is 0.109. The van der Waals surface area contributed by atoms with Crippen LogP contribution in [-0.4, -0.2) is 25.3 Å². The molecule has 0 bridgehead atoms.